The van der Waals surface area contributed by atoms with Gasteiger partial charge in [-0.1, -0.05) is 12.8 Å². The van der Waals surface area contributed by atoms with E-state index in [9.17, 15) is 4.79 Å². The summed E-state index contributed by atoms with van der Waals surface area (Å²) >= 11 is 0. The van der Waals surface area contributed by atoms with Crippen LogP contribution in [0.25, 0.3) is 0 Å². The van der Waals surface area contributed by atoms with Gasteiger partial charge in [0, 0.05) is 29.9 Å². The lowest BCUT2D eigenvalue weighted by Crippen LogP contribution is -2.33. The van der Waals surface area contributed by atoms with Gasteiger partial charge in [0.05, 0.1) is 24.9 Å². The Hall–Kier alpha value is -2.90. The fraction of sp³-hybridized carbons (Fsp3) is 0.474. The molecule has 142 valence electrons. The monoisotopic (exact) mass is 368 g/mol. The Balaban J connectivity index is 1.57. The van der Waals surface area contributed by atoms with Gasteiger partial charge in [-0.25, -0.2) is 9.97 Å². The van der Waals surface area contributed by atoms with Gasteiger partial charge in [-0.05, 0) is 25.8 Å². The summed E-state index contributed by atoms with van der Waals surface area (Å²) in [5, 5.41) is 3.21. The fourth-order valence-corrected chi connectivity index (χ4v) is 3.95. The Bertz CT molecular complexity index is 858. The van der Waals surface area contributed by atoms with Crippen molar-refractivity contribution < 1.29 is 9.53 Å². The molecular formula is C19H24N6O2. The van der Waals surface area contributed by atoms with Crippen molar-refractivity contribution in [2.45, 2.75) is 51.7 Å². The number of hydrogen-bond acceptors (Lipinski definition) is 7. The summed E-state index contributed by atoms with van der Waals surface area (Å²) in [5.41, 5.74) is 8.78. The summed E-state index contributed by atoms with van der Waals surface area (Å²) < 4.78 is 5.46. The van der Waals surface area contributed by atoms with E-state index >= 15 is 0 Å². The van der Waals surface area contributed by atoms with Crippen LogP contribution in [-0.4, -0.2) is 38.9 Å². The largest absolute Gasteiger partial charge is 0.481 e. The van der Waals surface area contributed by atoms with E-state index in [2.05, 4.69) is 20.3 Å². The molecule has 8 nitrogen and oxygen atoms in total. The van der Waals surface area contributed by atoms with Crippen molar-refractivity contribution in [3.8, 4) is 5.88 Å². The molecule has 1 aliphatic heterocycles. The molecule has 2 aromatic heterocycles. The molecule has 3 N–H and O–H groups in total. The van der Waals surface area contributed by atoms with Gasteiger partial charge in [-0.15, -0.1) is 0 Å². The Morgan fingerprint density at radius 1 is 1.26 bits per heavy atom. The number of nitrogen functional groups attached to an aromatic ring is 1. The number of anilines is 2. The number of nitrogens with zero attached hydrogens (tertiary/aromatic N) is 4. The maximum Gasteiger partial charge on any atom is 0.256 e. The maximum atomic E-state index is 12.9. The van der Waals surface area contributed by atoms with Crippen LogP contribution in [0.1, 0.15) is 53.0 Å². The third-order valence-corrected chi connectivity index (χ3v) is 5.24. The van der Waals surface area contributed by atoms with E-state index < -0.39 is 0 Å². The summed E-state index contributed by atoms with van der Waals surface area (Å²) in [6.45, 7) is 2.86. The molecular weight excluding hydrogens is 344 g/mol. The molecule has 1 fully saturated rings. The van der Waals surface area contributed by atoms with E-state index in [0.717, 1.165) is 29.8 Å². The van der Waals surface area contributed by atoms with Crippen LogP contribution < -0.4 is 15.8 Å². The minimum Gasteiger partial charge on any atom is -0.481 e. The topological polar surface area (TPSA) is 106 Å². The van der Waals surface area contributed by atoms with Crippen LogP contribution >= 0.6 is 0 Å². The molecule has 4 rings (SSSR count). The molecule has 27 heavy (non-hydrogen) atoms. The average Bonchev–Trinajstić information content (AvgIpc) is 3.26. The van der Waals surface area contributed by atoms with Crippen LogP contribution in [0.5, 0.6) is 5.88 Å². The summed E-state index contributed by atoms with van der Waals surface area (Å²) in [4.78, 5) is 27.7. The molecule has 1 aliphatic carbocycles. The highest BCUT2D eigenvalue weighted by Crippen LogP contribution is 2.33. The van der Waals surface area contributed by atoms with Crippen molar-refractivity contribution in [2.75, 3.05) is 18.2 Å². The minimum absolute atomic E-state index is 0.0791. The van der Waals surface area contributed by atoms with Crippen LogP contribution in [0.4, 0.5) is 11.8 Å². The number of aromatic nitrogens is 3. The highest BCUT2D eigenvalue weighted by molar-refractivity contribution is 5.98. The number of nitrogens with two attached hydrogens (primary N) is 1. The van der Waals surface area contributed by atoms with Gasteiger partial charge >= 0.3 is 0 Å². The first-order valence-corrected chi connectivity index (χ1v) is 9.28. The Morgan fingerprint density at radius 3 is 2.74 bits per heavy atom. The number of rotatable bonds is 5. The molecule has 3 heterocycles. The fourth-order valence-electron chi connectivity index (χ4n) is 3.95. The number of hydrogen-bond donors (Lipinski definition) is 2. The number of methoxy groups -OCH3 is 1. The normalized spacial score (nSPS) is 16.7. The first-order chi connectivity index (χ1) is 13.0. The van der Waals surface area contributed by atoms with Crippen molar-refractivity contribution in [1.82, 2.24) is 19.9 Å². The van der Waals surface area contributed by atoms with Crippen LogP contribution in [0.3, 0.4) is 0 Å². The number of ether oxygens (including phenoxy) is 1. The van der Waals surface area contributed by atoms with Gasteiger partial charge in [0.1, 0.15) is 5.82 Å². The number of amides is 1. The number of fused-ring (bicyclic) bond motifs is 1. The molecule has 1 saturated carbocycles. The average molecular weight is 368 g/mol. The van der Waals surface area contributed by atoms with E-state index in [1.54, 1.807) is 7.11 Å². The van der Waals surface area contributed by atoms with Crippen LogP contribution in [0.15, 0.2) is 12.1 Å². The number of carbonyl (C=O) groups excluding carboxylic acids is 1. The lowest BCUT2D eigenvalue weighted by Gasteiger charge is -2.22. The summed E-state index contributed by atoms with van der Waals surface area (Å²) in [7, 11) is 1.59. The molecule has 0 aromatic carbocycles. The van der Waals surface area contributed by atoms with Gasteiger partial charge in [0.15, 0.2) is 0 Å². The molecule has 0 radical (unpaired) electrons. The zero-order chi connectivity index (χ0) is 19.0. The van der Waals surface area contributed by atoms with Gasteiger partial charge in [-0.3, -0.25) is 4.79 Å². The Labute approximate surface area is 158 Å². The minimum atomic E-state index is 0.0791. The highest BCUT2D eigenvalue weighted by atomic mass is 16.5. The predicted molar refractivity (Wildman–Crippen MR) is 101 cm³/mol. The van der Waals surface area contributed by atoms with Gasteiger partial charge < -0.3 is 20.7 Å². The van der Waals surface area contributed by atoms with Crippen molar-refractivity contribution in [1.29, 1.82) is 0 Å². The van der Waals surface area contributed by atoms with Crippen LogP contribution in [0.2, 0.25) is 0 Å². The molecule has 8 heteroatoms. The van der Waals surface area contributed by atoms with Crippen molar-refractivity contribution in [3.05, 3.63) is 34.6 Å². The van der Waals surface area contributed by atoms with Gasteiger partial charge in [0.2, 0.25) is 11.8 Å². The lowest BCUT2D eigenvalue weighted by molar-refractivity contribution is 0.0706. The number of carbonyl (C=O) groups is 1. The van der Waals surface area contributed by atoms with E-state index in [4.69, 9.17) is 10.5 Å². The van der Waals surface area contributed by atoms with E-state index in [1.165, 1.54) is 12.8 Å². The summed E-state index contributed by atoms with van der Waals surface area (Å²) in [6.07, 6.45) is 4.55. The number of aryl methyl sites for hydroxylation is 1. The second-order valence-electron chi connectivity index (χ2n) is 7.13. The standard InChI is InChI=1S/C19H24N6O2/c1-11-7-16(24-19(20)22-11)21-9-12-8-14-15(23-17(12)27-2)10-25(18(14)26)13-5-3-4-6-13/h7-8,13H,3-6,9-10H2,1-2H3,(H3,20,21,22,24). The molecule has 2 aliphatic rings. The SMILES string of the molecule is COc1nc2c(cc1CNc1cc(C)nc(N)n1)C(=O)N(C1CCCC1)C2. The van der Waals surface area contributed by atoms with Crippen molar-refractivity contribution in [2.24, 2.45) is 0 Å². The quantitative estimate of drug-likeness (QED) is 0.834. The third kappa shape index (κ3) is 3.39. The summed E-state index contributed by atoms with van der Waals surface area (Å²) in [5.74, 6) is 1.46. The molecule has 0 bridgehead atoms. The second-order valence-corrected chi connectivity index (χ2v) is 7.13. The smallest absolute Gasteiger partial charge is 0.256 e. The molecule has 2 aromatic rings. The van der Waals surface area contributed by atoms with Gasteiger partial charge in [0.25, 0.3) is 5.91 Å². The Morgan fingerprint density at radius 2 is 2.04 bits per heavy atom. The Kier molecular flexibility index (Phi) is 4.55. The molecule has 0 atom stereocenters. The maximum absolute atomic E-state index is 12.9. The van der Waals surface area contributed by atoms with Crippen molar-refractivity contribution in [3.63, 3.8) is 0 Å². The van der Waals surface area contributed by atoms with E-state index in [1.807, 2.05) is 24.0 Å². The number of nitrogens with one attached hydrogen (secondary N) is 1. The first-order valence-electron chi connectivity index (χ1n) is 9.28. The van der Waals surface area contributed by atoms with Crippen molar-refractivity contribution >= 4 is 17.7 Å². The van der Waals surface area contributed by atoms with E-state index in [0.29, 0.717) is 36.4 Å². The van der Waals surface area contributed by atoms with Crippen LogP contribution in [0, 0.1) is 6.92 Å². The van der Waals surface area contributed by atoms with Crippen LogP contribution in [-0.2, 0) is 13.1 Å². The number of pyridine rings is 1. The van der Waals surface area contributed by atoms with E-state index in [-0.39, 0.29) is 11.9 Å². The molecule has 0 spiro atoms. The molecule has 0 unspecified atom stereocenters. The molecule has 0 saturated heterocycles. The second kappa shape index (κ2) is 7.02. The predicted octanol–water partition coefficient (Wildman–Crippen LogP) is 2.28. The highest BCUT2D eigenvalue weighted by Gasteiger charge is 2.35. The zero-order valence-corrected chi connectivity index (χ0v) is 15.7. The lowest BCUT2D eigenvalue weighted by atomic mass is 10.1. The third-order valence-electron chi connectivity index (χ3n) is 5.24. The zero-order valence-electron chi connectivity index (χ0n) is 15.7. The summed E-state index contributed by atoms with van der Waals surface area (Å²) in [6, 6.07) is 4.05. The molecule has 1 amide bonds. The first kappa shape index (κ1) is 17.5. The van der Waals surface area contributed by atoms with Gasteiger partial charge in [-0.2, -0.15) is 4.98 Å².